The topological polar surface area (TPSA) is 73.1 Å². The number of carbonyl (C=O) groups is 1. The molecule has 6 heteroatoms. The summed E-state index contributed by atoms with van der Waals surface area (Å²) < 4.78 is 0. The van der Waals surface area contributed by atoms with Crippen LogP contribution >= 0.6 is 11.3 Å². The van der Waals surface area contributed by atoms with Crippen molar-refractivity contribution in [2.75, 3.05) is 6.54 Å². The van der Waals surface area contributed by atoms with Crippen molar-refractivity contribution in [3.63, 3.8) is 0 Å². The Labute approximate surface area is 108 Å². The molecule has 1 atom stereocenters. The van der Waals surface area contributed by atoms with E-state index in [0.717, 1.165) is 29.8 Å². The van der Waals surface area contributed by atoms with Gasteiger partial charge in [0.05, 0.1) is 6.34 Å². The van der Waals surface area contributed by atoms with Gasteiger partial charge in [0.15, 0.2) is 6.23 Å². The molecular weight excluding hydrogens is 252 g/mol. The van der Waals surface area contributed by atoms with Crippen LogP contribution in [-0.2, 0) is 17.6 Å². The molecule has 2 N–H and O–H groups in total. The van der Waals surface area contributed by atoms with Crippen LogP contribution < -0.4 is 0 Å². The van der Waals surface area contributed by atoms with Crippen LogP contribution in [0.15, 0.2) is 4.99 Å². The third kappa shape index (κ3) is 1.81. The zero-order valence-electron chi connectivity index (χ0n) is 9.80. The number of carboxylic acids is 1. The summed E-state index contributed by atoms with van der Waals surface area (Å²) in [5.41, 5.74) is 2.03. The molecule has 1 aromatic rings. The van der Waals surface area contributed by atoms with Gasteiger partial charge in [-0.3, -0.25) is 4.79 Å². The van der Waals surface area contributed by atoms with Crippen molar-refractivity contribution in [2.24, 2.45) is 4.99 Å². The fraction of sp³-hybridized carbons (Fsp3) is 0.500. The van der Waals surface area contributed by atoms with E-state index in [-0.39, 0.29) is 6.54 Å². The van der Waals surface area contributed by atoms with E-state index in [9.17, 15) is 9.90 Å². The van der Waals surface area contributed by atoms with Crippen molar-refractivity contribution in [2.45, 2.75) is 31.9 Å². The Kier molecular flexibility index (Phi) is 2.83. The molecule has 0 saturated carbocycles. The first-order valence-electron chi connectivity index (χ1n) is 6.01. The molecule has 5 nitrogen and oxygen atoms in total. The molecule has 18 heavy (non-hydrogen) atoms. The number of rotatable bonds is 2. The van der Waals surface area contributed by atoms with Gasteiger partial charge in [0.2, 0.25) is 0 Å². The number of aryl methyl sites for hydroxylation is 1. The summed E-state index contributed by atoms with van der Waals surface area (Å²) >= 11 is 1.63. The monoisotopic (exact) mass is 266 g/mol. The number of hydrogen-bond acceptors (Lipinski definition) is 5. The number of aliphatic imine (C=N–C) groups is 1. The largest absolute Gasteiger partial charge is 0.480 e. The van der Waals surface area contributed by atoms with Crippen molar-refractivity contribution < 1.29 is 15.0 Å². The molecule has 1 aromatic heterocycles. The quantitative estimate of drug-likeness (QED) is 0.854. The number of thiophene rings is 1. The summed E-state index contributed by atoms with van der Waals surface area (Å²) in [7, 11) is 0. The molecule has 96 valence electrons. The Bertz CT molecular complexity index is 524. The summed E-state index contributed by atoms with van der Waals surface area (Å²) in [4.78, 5) is 17.7. The maximum absolute atomic E-state index is 10.7. The first-order chi connectivity index (χ1) is 8.66. The van der Waals surface area contributed by atoms with Crippen molar-refractivity contribution in [1.82, 2.24) is 4.90 Å². The molecular formula is C12H14N2O3S. The van der Waals surface area contributed by atoms with Gasteiger partial charge in [-0.25, -0.2) is 4.99 Å². The number of carboxylic acid groups (broad SMARTS) is 1. The predicted octanol–water partition coefficient (Wildman–Crippen LogP) is 1.68. The number of aliphatic hydroxyl groups excluding tert-OH is 1. The highest BCUT2D eigenvalue weighted by Crippen LogP contribution is 2.45. The van der Waals surface area contributed by atoms with Gasteiger partial charge in [0, 0.05) is 10.4 Å². The molecule has 0 fully saturated rings. The summed E-state index contributed by atoms with van der Waals surface area (Å²) in [5, 5.41) is 19.9. The smallest absolute Gasteiger partial charge is 0.323 e. The Morgan fingerprint density at radius 3 is 3.06 bits per heavy atom. The van der Waals surface area contributed by atoms with E-state index in [1.807, 2.05) is 0 Å². The lowest BCUT2D eigenvalue weighted by atomic mass is 9.94. The minimum atomic E-state index is -0.965. The molecule has 2 aliphatic rings. The Morgan fingerprint density at radius 2 is 2.28 bits per heavy atom. The van der Waals surface area contributed by atoms with Gasteiger partial charge in [0.25, 0.3) is 0 Å². The average molecular weight is 266 g/mol. The van der Waals surface area contributed by atoms with E-state index in [0.29, 0.717) is 0 Å². The van der Waals surface area contributed by atoms with Crippen LogP contribution in [-0.4, -0.2) is 34.0 Å². The van der Waals surface area contributed by atoms with Crippen LogP contribution in [0.4, 0.5) is 5.00 Å². The van der Waals surface area contributed by atoms with Gasteiger partial charge >= 0.3 is 5.97 Å². The normalized spacial score (nSPS) is 21.6. The maximum Gasteiger partial charge on any atom is 0.323 e. The SMILES string of the molecule is O=C(O)CN1C=Nc2sc3c(c2[C@H]1O)CCCC3. The minimum absolute atomic E-state index is 0.227. The van der Waals surface area contributed by atoms with E-state index in [4.69, 9.17) is 5.11 Å². The van der Waals surface area contributed by atoms with Gasteiger partial charge < -0.3 is 15.1 Å². The molecule has 0 unspecified atom stereocenters. The fourth-order valence-corrected chi connectivity index (χ4v) is 3.83. The van der Waals surface area contributed by atoms with Crippen LogP contribution in [0.1, 0.15) is 35.1 Å². The average Bonchev–Trinajstić information content (AvgIpc) is 2.71. The molecule has 2 heterocycles. The molecule has 3 rings (SSSR count). The highest BCUT2D eigenvalue weighted by atomic mass is 32.1. The first-order valence-corrected chi connectivity index (χ1v) is 6.82. The number of fused-ring (bicyclic) bond motifs is 3. The summed E-state index contributed by atoms with van der Waals surface area (Å²) in [6.07, 6.45) is 4.90. The summed E-state index contributed by atoms with van der Waals surface area (Å²) in [5.74, 6) is -0.965. The molecule has 0 radical (unpaired) electrons. The Hall–Kier alpha value is -1.40. The molecule has 1 aliphatic carbocycles. The molecule has 0 bridgehead atoms. The van der Waals surface area contributed by atoms with E-state index in [2.05, 4.69) is 4.99 Å². The lowest BCUT2D eigenvalue weighted by Crippen LogP contribution is -2.34. The zero-order valence-corrected chi connectivity index (χ0v) is 10.6. The molecule has 0 aromatic carbocycles. The van der Waals surface area contributed by atoms with Gasteiger partial charge in [0.1, 0.15) is 11.5 Å². The summed E-state index contributed by atoms with van der Waals surface area (Å²) in [6, 6.07) is 0. The third-order valence-electron chi connectivity index (χ3n) is 3.41. The van der Waals surface area contributed by atoms with Gasteiger partial charge in [-0.05, 0) is 31.2 Å². The maximum atomic E-state index is 10.7. The van der Waals surface area contributed by atoms with E-state index in [1.54, 1.807) is 11.3 Å². The minimum Gasteiger partial charge on any atom is -0.480 e. The predicted molar refractivity (Wildman–Crippen MR) is 68.4 cm³/mol. The molecule has 0 saturated heterocycles. The highest BCUT2D eigenvalue weighted by Gasteiger charge is 2.31. The Morgan fingerprint density at radius 1 is 1.50 bits per heavy atom. The lowest BCUT2D eigenvalue weighted by Gasteiger charge is -2.28. The molecule has 0 spiro atoms. The standard InChI is InChI=1S/C12H14N2O3S/c15-9(16)5-14-6-13-11-10(12(14)17)7-3-1-2-4-8(7)18-11/h6,12,17H,1-5H2,(H,15,16)/t12-/m1/s1. The highest BCUT2D eigenvalue weighted by molar-refractivity contribution is 7.16. The molecule has 0 amide bonds. The van der Waals surface area contributed by atoms with Gasteiger partial charge in [-0.1, -0.05) is 0 Å². The van der Waals surface area contributed by atoms with Gasteiger partial charge in [-0.2, -0.15) is 0 Å². The van der Waals surface area contributed by atoms with Crippen LogP contribution in [0.2, 0.25) is 0 Å². The Balaban J connectivity index is 1.98. The number of aliphatic carboxylic acids is 1. The number of aliphatic hydroxyl groups is 1. The third-order valence-corrected chi connectivity index (χ3v) is 4.62. The van der Waals surface area contributed by atoms with Crippen molar-refractivity contribution in [3.8, 4) is 0 Å². The number of hydrogen-bond donors (Lipinski definition) is 2. The summed E-state index contributed by atoms with van der Waals surface area (Å²) in [6.45, 7) is -0.227. The van der Waals surface area contributed by atoms with E-state index >= 15 is 0 Å². The van der Waals surface area contributed by atoms with Gasteiger partial charge in [-0.15, -0.1) is 11.3 Å². The van der Waals surface area contributed by atoms with Crippen molar-refractivity contribution >= 4 is 28.6 Å². The second-order valence-corrected chi connectivity index (χ2v) is 5.70. The lowest BCUT2D eigenvalue weighted by molar-refractivity contribution is -0.139. The van der Waals surface area contributed by atoms with E-state index in [1.165, 1.54) is 28.1 Å². The van der Waals surface area contributed by atoms with Crippen molar-refractivity contribution in [1.29, 1.82) is 0 Å². The first kappa shape index (κ1) is 11.7. The second-order valence-electron chi connectivity index (χ2n) is 4.61. The van der Waals surface area contributed by atoms with Crippen LogP contribution in [0.5, 0.6) is 0 Å². The van der Waals surface area contributed by atoms with E-state index < -0.39 is 12.2 Å². The second kappa shape index (κ2) is 4.37. The van der Waals surface area contributed by atoms with Crippen molar-refractivity contribution in [3.05, 3.63) is 16.0 Å². The van der Waals surface area contributed by atoms with Crippen LogP contribution in [0.25, 0.3) is 0 Å². The van der Waals surface area contributed by atoms with Crippen LogP contribution in [0, 0.1) is 0 Å². The molecule has 1 aliphatic heterocycles. The van der Waals surface area contributed by atoms with Crippen LogP contribution in [0.3, 0.4) is 0 Å². The number of nitrogens with zero attached hydrogens (tertiary/aromatic N) is 2. The zero-order chi connectivity index (χ0) is 12.7. The fourth-order valence-electron chi connectivity index (χ4n) is 2.58.